The van der Waals surface area contributed by atoms with Gasteiger partial charge in [-0.1, -0.05) is 30.3 Å². The van der Waals surface area contributed by atoms with Gasteiger partial charge in [0.25, 0.3) is 5.91 Å². The van der Waals surface area contributed by atoms with E-state index in [1.807, 2.05) is 11.4 Å². The fourth-order valence-electron chi connectivity index (χ4n) is 3.43. The lowest BCUT2D eigenvalue weighted by atomic mass is 10.0. The van der Waals surface area contributed by atoms with Crippen molar-refractivity contribution >= 4 is 17.8 Å². The van der Waals surface area contributed by atoms with Crippen molar-refractivity contribution in [2.75, 3.05) is 6.54 Å². The number of nitrogens with two attached hydrogens (primary N) is 1. The number of carboxylic acid groups (broad SMARTS) is 1. The zero-order valence-electron chi connectivity index (χ0n) is 16.0. The minimum atomic E-state index is -1.38. The third-order valence-electron chi connectivity index (χ3n) is 5.00. The first kappa shape index (κ1) is 20.5. The standard InChI is InChI=1S/C20H25N5O4/c26-18(15-7-4-8-22-15)24-16(10-14-11-21-12-23-14)19(27)25-17(20(28)29)9-13-5-2-1-3-6-13/h1-3,5-6,11-12,15-17,22H,4,7-10H2,(H,21,23)(H,24,26)(H,25,27)(H,28,29)/t15-,16-,17-/m0/s1. The molecule has 2 aromatic rings. The first-order chi connectivity index (χ1) is 14.0. The molecule has 0 radical (unpaired) electrons. The maximum Gasteiger partial charge on any atom is 0.278 e. The molecule has 9 nitrogen and oxygen atoms in total. The molecule has 5 N–H and O–H groups in total. The number of nitrogens with zero attached hydrogens (tertiary/aromatic N) is 1. The molecule has 154 valence electrons. The maximum absolute atomic E-state index is 12.9. The Hall–Kier alpha value is -3.20. The van der Waals surface area contributed by atoms with Crippen molar-refractivity contribution in [3.05, 3.63) is 54.1 Å². The molecular formula is C20H25N5O4. The van der Waals surface area contributed by atoms with Crippen LogP contribution in [0.1, 0.15) is 24.1 Å². The Kier molecular flexibility index (Phi) is 6.96. The maximum atomic E-state index is 12.9. The van der Waals surface area contributed by atoms with Crippen molar-refractivity contribution < 1.29 is 24.8 Å². The predicted molar refractivity (Wildman–Crippen MR) is 101 cm³/mol. The lowest BCUT2D eigenvalue weighted by Crippen LogP contribution is -2.89. The quantitative estimate of drug-likeness (QED) is 0.373. The molecule has 1 saturated heterocycles. The number of carboxylic acids is 1. The number of carbonyl (C=O) groups is 3. The molecular weight excluding hydrogens is 374 g/mol. The molecule has 0 aliphatic carbocycles. The van der Waals surface area contributed by atoms with Crippen LogP contribution < -0.4 is 21.1 Å². The number of benzene rings is 1. The Balaban J connectivity index is 1.69. The second-order valence-electron chi connectivity index (χ2n) is 7.19. The third kappa shape index (κ3) is 5.89. The minimum absolute atomic E-state index is 0.0933. The topological polar surface area (TPSA) is 144 Å². The summed E-state index contributed by atoms with van der Waals surface area (Å²) in [5.74, 6) is -2.18. The highest BCUT2D eigenvalue weighted by Crippen LogP contribution is 2.06. The number of carbonyl (C=O) groups excluding carboxylic acids is 3. The van der Waals surface area contributed by atoms with Crippen LogP contribution in [-0.2, 0) is 27.2 Å². The normalized spacial score (nSPS) is 18.0. The molecule has 9 heteroatoms. The highest BCUT2D eigenvalue weighted by Gasteiger charge is 2.31. The number of imidazole rings is 1. The number of aliphatic carboxylic acids is 1. The molecule has 3 rings (SSSR count). The summed E-state index contributed by atoms with van der Waals surface area (Å²) >= 11 is 0. The fourth-order valence-corrected chi connectivity index (χ4v) is 3.43. The van der Waals surface area contributed by atoms with Crippen LogP contribution in [0.4, 0.5) is 0 Å². The Labute approximate surface area is 168 Å². The van der Waals surface area contributed by atoms with Gasteiger partial charge in [-0.2, -0.15) is 0 Å². The molecule has 1 aliphatic heterocycles. The largest absolute Gasteiger partial charge is 0.548 e. The first-order valence-electron chi connectivity index (χ1n) is 9.69. The van der Waals surface area contributed by atoms with E-state index in [1.165, 1.54) is 6.33 Å². The fraction of sp³-hybridized carbons (Fsp3) is 0.400. The number of hydrogen-bond donors (Lipinski definition) is 4. The summed E-state index contributed by atoms with van der Waals surface area (Å²) in [6.45, 7) is 0.874. The van der Waals surface area contributed by atoms with Gasteiger partial charge < -0.3 is 30.8 Å². The summed E-state index contributed by atoms with van der Waals surface area (Å²) in [6.07, 6.45) is 5.01. The summed E-state index contributed by atoms with van der Waals surface area (Å²) < 4.78 is 0. The van der Waals surface area contributed by atoms with E-state index in [4.69, 9.17) is 0 Å². The summed E-state index contributed by atoms with van der Waals surface area (Å²) in [6, 6.07) is 6.62. The number of aromatic amines is 1. The Morgan fingerprint density at radius 1 is 1.17 bits per heavy atom. The van der Waals surface area contributed by atoms with Crippen LogP contribution in [0.5, 0.6) is 0 Å². The minimum Gasteiger partial charge on any atom is -0.548 e. The smallest absolute Gasteiger partial charge is 0.278 e. The zero-order chi connectivity index (χ0) is 20.6. The number of H-pyrrole nitrogens is 1. The van der Waals surface area contributed by atoms with Crippen molar-refractivity contribution in [2.45, 2.75) is 43.8 Å². The van der Waals surface area contributed by atoms with E-state index in [-0.39, 0.29) is 24.8 Å². The van der Waals surface area contributed by atoms with E-state index >= 15 is 0 Å². The summed E-state index contributed by atoms with van der Waals surface area (Å²) in [7, 11) is 0. The van der Waals surface area contributed by atoms with E-state index in [0.29, 0.717) is 5.69 Å². The summed E-state index contributed by atoms with van der Waals surface area (Å²) in [5.41, 5.74) is 1.42. The molecule has 29 heavy (non-hydrogen) atoms. The zero-order valence-corrected chi connectivity index (χ0v) is 16.0. The van der Waals surface area contributed by atoms with Gasteiger partial charge in [0.1, 0.15) is 6.04 Å². The average molecular weight is 399 g/mol. The molecule has 0 spiro atoms. The number of rotatable bonds is 9. The van der Waals surface area contributed by atoms with Gasteiger partial charge in [0.05, 0.1) is 24.9 Å². The number of quaternary nitrogens is 1. The van der Waals surface area contributed by atoms with Crippen LogP contribution in [-0.4, -0.2) is 52.4 Å². The molecule has 3 atom stereocenters. The van der Waals surface area contributed by atoms with Crippen molar-refractivity contribution in [3.63, 3.8) is 0 Å². The summed E-state index contributed by atoms with van der Waals surface area (Å²) in [5, 5.41) is 18.8. The van der Waals surface area contributed by atoms with Gasteiger partial charge >= 0.3 is 0 Å². The van der Waals surface area contributed by atoms with Crippen molar-refractivity contribution in [1.29, 1.82) is 0 Å². The predicted octanol–water partition coefficient (Wildman–Crippen LogP) is -2.36. The highest BCUT2D eigenvalue weighted by molar-refractivity contribution is 5.91. The SMILES string of the molecule is O=C([O-])[C@H](Cc1ccccc1)NC(=O)[C@H](Cc1cnc[nH]1)NC(=O)[C@@H]1CCC[NH2+]1. The first-order valence-corrected chi connectivity index (χ1v) is 9.69. The van der Waals surface area contributed by atoms with Gasteiger partial charge in [-0.05, 0) is 12.0 Å². The molecule has 2 heterocycles. The molecule has 0 bridgehead atoms. The lowest BCUT2D eigenvalue weighted by molar-refractivity contribution is -0.657. The van der Waals surface area contributed by atoms with Crippen LogP contribution in [0.2, 0.25) is 0 Å². The van der Waals surface area contributed by atoms with E-state index in [0.717, 1.165) is 24.9 Å². The molecule has 1 aromatic carbocycles. The van der Waals surface area contributed by atoms with E-state index in [2.05, 4.69) is 20.6 Å². The monoisotopic (exact) mass is 399 g/mol. The van der Waals surface area contributed by atoms with Crippen LogP contribution >= 0.6 is 0 Å². The van der Waals surface area contributed by atoms with Gasteiger partial charge in [0.2, 0.25) is 5.91 Å². The molecule has 2 amide bonds. The van der Waals surface area contributed by atoms with Gasteiger partial charge in [-0.3, -0.25) is 9.59 Å². The number of aromatic nitrogens is 2. The van der Waals surface area contributed by atoms with Gasteiger partial charge in [0.15, 0.2) is 6.04 Å². The van der Waals surface area contributed by atoms with E-state index in [9.17, 15) is 19.5 Å². The molecule has 1 aliphatic rings. The van der Waals surface area contributed by atoms with Gasteiger partial charge in [-0.25, -0.2) is 4.98 Å². The number of amides is 2. The van der Waals surface area contributed by atoms with Crippen LogP contribution in [0, 0.1) is 0 Å². The number of hydrogen-bond acceptors (Lipinski definition) is 5. The van der Waals surface area contributed by atoms with Gasteiger partial charge in [0, 0.05) is 31.2 Å². The van der Waals surface area contributed by atoms with Crippen molar-refractivity contribution in [1.82, 2.24) is 20.6 Å². The van der Waals surface area contributed by atoms with Crippen LogP contribution in [0.3, 0.4) is 0 Å². The third-order valence-corrected chi connectivity index (χ3v) is 5.00. The van der Waals surface area contributed by atoms with E-state index < -0.39 is 24.0 Å². The van der Waals surface area contributed by atoms with Crippen LogP contribution in [0.25, 0.3) is 0 Å². The van der Waals surface area contributed by atoms with Crippen LogP contribution in [0.15, 0.2) is 42.9 Å². The van der Waals surface area contributed by atoms with Crippen molar-refractivity contribution in [2.24, 2.45) is 0 Å². The van der Waals surface area contributed by atoms with Crippen molar-refractivity contribution in [3.8, 4) is 0 Å². The Morgan fingerprint density at radius 2 is 1.97 bits per heavy atom. The molecule has 0 saturated carbocycles. The highest BCUT2D eigenvalue weighted by atomic mass is 16.4. The molecule has 1 aromatic heterocycles. The molecule has 0 unspecified atom stereocenters. The Bertz CT molecular complexity index is 819. The average Bonchev–Trinajstić information content (AvgIpc) is 3.41. The second-order valence-corrected chi connectivity index (χ2v) is 7.19. The summed E-state index contributed by atoms with van der Waals surface area (Å²) in [4.78, 5) is 43.8. The van der Waals surface area contributed by atoms with E-state index in [1.54, 1.807) is 30.5 Å². The molecule has 1 fully saturated rings. The second kappa shape index (κ2) is 9.83. The number of nitrogens with one attached hydrogen (secondary N) is 3. The lowest BCUT2D eigenvalue weighted by Gasteiger charge is -2.24. The van der Waals surface area contributed by atoms with Gasteiger partial charge in [-0.15, -0.1) is 0 Å². The Morgan fingerprint density at radius 3 is 2.59 bits per heavy atom.